The van der Waals surface area contributed by atoms with Gasteiger partial charge in [-0.25, -0.2) is 9.18 Å². The largest absolute Gasteiger partial charge is 0.416 e. The molecule has 8 heteroatoms. The van der Waals surface area contributed by atoms with Crippen molar-refractivity contribution in [2.75, 3.05) is 5.32 Å². The first-order valence-corrected chi connectivity index (χ1v) is 6.89. The van der Waals surface area contributed by atoms with E-state index in [-0.39, 0.29) is 0 Å². The molecule has 0 radical (unpaired) electrons. The quantitative estimate of drug-likeness (QED) is 0.733. The number of anilines is 1. The van der Waals surface area contributed by atoms with Crippen molar-refractivity contribution in [1.29, 1.82) is 0 Å². The standard InChI is InChI=1S/C14H16F4N2O2/c15-9-6-5-8(14(16,17)18)7-11(9)20-13(22)19-10-3-1-2-4-12(10)21/h5-7,10,12,21H,1-4H2,(H2,19,20,22)/t10-,12-/m0/s1. The summed E-state index contributed by atoms with van der Waals surface area (Å²) in [5, 5.41) is 14.2. The van der Waals surface area contributed by atoms with Gasteiger partial charge in [0, 0.05) is 0 Å². The summed E-state index contributed by atoms with van der Waals surface area (Å²) in [7, 11) is 0. The van der Waals surface area contributed by atoms with Gasteiger partial charge >= 0.3 is 12.2 Å². The predicted octanol–water partition coefficient (Wildman–Crippen LogP) is 3.27. The molecule has 1 saturated carbocycles. The first-order chi connectivity index (χ1) is 10.3. The molecule has 1 aliphatic rings. The van der Waals surface area contributed by atoms with E-state index in [1.54, 1.807) is 0 Å². The van der Waals surface area contributed by atoms with Gasteiger partial charge in [0.05, 0.1) is 23.4 Å². The van der Waals surface area contributed by atoms with Crippen molar-refractivity contribution in [2.24, 2.45) is 0 Å². The Morgan fingerprint density at radius 3 is 2.55 bits per heavy atom. The third-order valence-corrected chi connectivity index (χ3v) is 3.59. The zero-order valence-electron chi connectivity index (χ0n) is 11.6. The van der Waals surface area contributed by atoms with Crippen molar-refractivity contribution < 1.29 is 27.5 Å². The molecule has 0 bridgehead atoms. The van der Waals surface area contributed by atoms with Crippen molar-refractivity contribution in [3.63, 3.8) is 0 Å². The van der Waals surface area contributed by atoms with Gasteiger partial charge in [0.1, 0.15) is 5.82 Å². The van der Waals surface area contributed by atoms with Crippen molar-refractivity contribution in [1.82, 2.24) is 5.32 Å². The summed E-state index contributed by atoms with van der Waals surface area (Å²) < 4.78 is 51.2. The smallest absolute Gasteiger partial charge is 0.391 e. The van der Waals surface area contributed by atoms with Gasteiger partial charge in [-0.2, -0.15) is 13.2 Å². The molecule has 2 amide bonds. The van der Waals surface area contributed by atoms with Gasteiger partial charge < -0.3 is 15.7 Å². The Kier molecular flexibility index (Phi) is 4.90. The molecule has 0 saturated heterocycles. The van der Waals surface area contributed by atoms with E-state index in [0.29, 0.717) is 31.0 Å². The molecule has 0 aliphatic heterocycles. The predicted molar refractivity (Wildman–Crippen MR) is 71.8 cm³/mol. The van der Waals surface area contributed by atoms with Crippen molar-refractivity contribution >= 4 is 11.7 Å². The van der Waals surface area contributed by atoms with Crippen LogP contribution in [0.15, 0.2) is 18.2 Å². The summed E-state index contributed by atoms with van der Waals surface area (Å²) in [6.45, 7) is 0. The van der Waals surface area contributed by atoms with Gasteiger partial charge in [-0.1, -0.05) is 12.8 Å². The van der Waals surface area contributed by atoms with Crippen LogP contribution in [-0.4, -0.2) is 23.3 Å². The average molecular weight is 320 g/mol. The zero-order valence-corrected chi connectivity index (χ0v) is 11.6. The molecule has 3 N–H and O–H groups in total. The highest BCUT2D eigenvalue weighted by Crippen LogP contribution is 2.31. The summed E-state index contributed by atoms with van der Waals surface area (Å²) in [6, 6.07) is 0.454. The average Bonchev–Trinajstić information content (AvgIpc) is 2.42. The number of carbonyl (C=O) groups excluding carboxylic acids is 1. The molecule has 2 rings (SSSR count). The molecule has 4 nitrogen and oxygen atoms in total. The van der Waals surface area contributed by atoms with Gasteiger partial charge in [0.15, 0.2) is 0 Å². The number of aliphatic hydroxyl groups excluding tert-OH is 1. The number of halogens is 4. The second-order valence-electron chi connectivity index (χ2n) is 5.25. The number of aliphatic hydroxyl groups is 1. The number of hydrogen-bond acceptors (Lipinski definition) is 2. The normalized spacial score (nSPS) is 22.2. The lowest BCUT2D eigenvalue weighted by molar-refractivity contribution is -0.137. The molecular formula is C14H16F4N2O2. The van der Waals surface area contributed by atoms with E-state index in [2.05, 4.69) is 10.6 Å². The molecule has 0 spiro atoms. The Morgan fingerprint density at radius 2 is 1.91 bits per heavy atom. The Balaban J connectivity index is 2.04. The van der Waals surface area contributed by atoms with Crippen LogP contribution in [-0.2, 0) is 6.18 Å². The molecule has 1 fully saturated rings. The van der Waals surface area contributed by atoms with Gasteiger partial charge in [-0.3, -0.25) is 0 Å². The van der Waals surface area contributed by atoms with E-state index in [1.165, 1.54) is 0 Å². The maximum Gasteiger partial charge on any atom is 0.416 e. The molecule has 0 aromatic heterocycles. The summed E-state index contributed by atoms with van der Waals surface area (Å²) in [5.41, 5.74) is -1.61. The van der Waals surface area contributed by atoms with Gasteiger partial charge in [0.25, 0.3) is 0 Å². The van der Waals surface area contributed by atoms with Crippen molar-refractivity contribution in [2.45, 2.75) is 44.0 Å². The molecular weight excluding hydrogens is 304 g/mol. The summed E-state index contributed by atoms with van der Waals surface area (Å²) >= 11 is 0. The van der Waals surface area contributed by atoms with Crippen LogP contribution in [0.3, 0.4) is 0 Å². The van der Waals surface area contributed by atoms with Gasteiger partial charge in [-0.15, -0.1) is 0 Å². The molecule has 0 heterocycles. The van der Waals surface area contributed by atoms with Crippen molar-refractivity contribution in [3.05, 3.63) is 29.6 Å². The van der Waals surface area contributed by atoms with Crippen LogP contribution in [0.1, 0.15) is 31.2 Å². The minimum absolute atomic E-state index is 0.484. The van der Waals surface area contributed by atoms with E-state index in [9.17, 15) is 27.5 Å². The number of alkyl halides is 3. The molecule has 1 aromatic carbocycles. The lowest BCUT2D eigenvalue weighted by atomic mass is 9.93. The van der Waals surface area contributed by atoms with Crippen LogP contribution in [0.25, 0.3) is 0 Å². The van der Waals surface area contributed by atoms with Crippen LogP contribution in [0, 0.1) is 5.82 Å². The lowest BCUT2D eigenvalue weighted by Gasteiger charge is -2.28. The number of urea groups is 1. The third-order valence-electron chi connectivity index (χ3n) is 3.59. The number of carbonyl (C=O) groups is 1. The number of hydrogen-bond donors (Lipinski definition) is 3. The Bertz CT molecular complexity index is 548. The van der Waals surface area contributed by atoms with Gasteiger partial charge in [0.2, 0.25) is 0 Å². The first kappa shape index (κ1) is 16.5. The molecule has 0 unspecified atom stereocenters. The van der Waals surface area contributed by atoms with Crippen LogP contribution in [0.2, 0.25) is 0 Å². The van der Waals surface area contributed by atoms with E-state index < -0.39 is 41.4 Å². The maximum atomic E-state index is 13.5. The Labute approximate surface area is 124 Å². The number of amides is 2. The monoisotopic (exact) mass is 320 g/mol. The van der Waals surface area contributed by atoms with Crippen LogP contribution in [0.4, 0.5) is 28.0 Å². The number of nitrogens with one attached hydrogen (secondary N) is 2. The first-order valence-electron chi connectivity index (χ1n) is 6.89. The zero-order chi connectivity index (χ0) is 16.3. The highest BCUT2D eigenvalue weighted by atomic mass is 19.4. The van der Waals surface area contributed by atoms with Crippen LogP contribution >= 0.6 is 0 Å². The fourth-order valence-electron chi connectivity index (χ4n) is 2.40. The third kappa shape index (κ3) is 4.09. The van der Waals surface area contributed by atoms with Crippen molar-refractivity contribution in [3.8, 4) is 0 Å². The molecule has 2 atom stereocenters. The van der Waals surface area contributed by atoms with Gasteiger partial charge in [-0.05, 0) is 31.0 Å². The van der Waals surface area contributed by atoms with Crippen LogP contribution < -0.4 is 10.6 Å². The van der Waals surface area contributed by atoms with E-state index in [0.717, 1.165) is 12.8 Å². The minimum Gasteiger partial charge on any atom is -0.391 e. The van der Waals surface area contributed by atoms with E-state index in [4.69, 9.17) is 0 Å². The van der Waals surface area contributed by atoms with E-state index >= 15 is 0 Å². The minimum atomic E-state index is -4.62. The summed E-state index contributed by atoms with van der Waals surface area (Å²) in [5.74, 6) is -0.965. The lowest BCUT2D eigenvalue weighted by Crippen LogP contribution is -2.46. The highest BCUT2D eigenvalue weighted by molar-refractivity contribution is 5.89. The SMILES string of the molecule is O=C(Nc1cc(C(F)(F)F)ccc1F)N[C@H]1CCCC[C@@H]1O. The fourth-order valence-corrected chi connectivity index (χ4v) is 2.40. The fraction of sp³-hybridized carbons (Fsp3) is 0.500. The van der Waals surface area contributed by atoms with E-state index in [1.807, 2.05) is 0 Å². The second-order valence-corrected chi connectivity index (χ2v) is 5.25. The molecule has 1 aliphatic carbocycles. The number of benzene rings is 1. The maximum absolute atomic E-state index is 13.5. The molecule has 22 heavy (non-hydrogen) atoms. The van der Waals surface area contributed by atoms with Crippen LogP contribution in [0.5, 0.6) is 0 Å². The summed E-state index contributed by atoms with van der Waals surface area (Å²) in [6.07, 6.45) is -2.53. The second kappa shape index (κ2) is 6.51. The molecule has 122 valence electrons. The highest BCUT2D eigenvalue weighted by Gasteiger charge is 2.31. The Morgan fingerprint density at radius 1 is 1.23 bits per heavy atom. The summed E-state index contributed by atoms with van der Waals surface area (Å²) in [4.78, 5) is 11.8. The topological polar surface area (TPSA) is 61.4 Å². The number of rotatable bonds is 2. The molecule has 1 aromatic rings. The Hall–Kier alpha value is -1.83.